The van der Waals surface area contributed by atoms with E-state index in [4.69, 9.17) is 0 Å². The Hall–Kier alpha value is -0.840. The highest BCUT2D eigenvalue weighted by Crippen LogP contribution is 2.21. The molecule has 1 aromatic heterocycles. The molecule has 0 aliphatic carbocycles. The van der Waals surface area contributed by atoms with Gasteiger partial charge in [0, 0.05) is 26.9 Å². The minimum absolute atomic E-state index is 0.132. The Balaban J connectivity index is 2.33. The van der Waals surface area contributed by atoms with Crippen molar-refractivity contribution in [1.82, 2.24) is 14.5 Å². The molecule has 0 saturated heterocycles. The lowest BCUT2D eigenvalue weighted by molar-refractivity contribution is -0.129. The van der Waals surface area contributed by atoms with Gasteiger partial charge in [-0.3, -0.25) is 4.79 Å². The quantitative estimate of drug-likeness (QED) is 0.698. The smallest absolute Gasteiger partial charge is 0.219 e. The van der Waals surface area contributed by atoms with Crippen LogP contribution in [-0.2, 0) is 24.8 Å². The molecule has 2 rings (SSSR count). The van der Waals surface area contributed by atoms with Crippen molar-refractivity contribution in [1.29, 1.82) is 0 Å². The Morgan fingerprint density at radius 3 is 2.93 bits per heavy atom. The van der Waals surface area contributed by atoms with Crippen molar-refractivity contribution in [2.75, 3.05) is 6.54 Å². The maximum absolute atomic E-state index is 11.2. The van der Waals surface area contributed by atoms with Crippen molar-refractivity contribution < 1.29 is 4.79 Å². The first-order chi connectivity index (χ1) is 6.59. The van der Waals surface area contributed by atoms with Crippen molar-refractivity contribution in [3.63, 3.8) is 0 Å². The summed E-state index contributed by atoms with van der Waals surface area (Å²) < 4.78 is 2.83. The molecule has 0 bridgehead atoms. The number of amides is 1. The SMILES string of the molecule is CC(=O)N1CCc2nc(Br)n(C)c2C1. The predicted molar refractivity (Wildman–Crippen MR) is 55.7 cm³/mol. The van der Waals surface area contributed by atoms with Crippen molar-refractivity contribution in [3.05, 3.63) is 16.1 Å². The second-order valence-corrected chi connectivity index (χ2v) is 4.23. The molecule has 0 fully saturated rings. The Bertz CT molecular complexity index is 386. The topological polar surface area (TPSA) is 38.1 Å². The van der Waals surface area contributed by atoms with Gasteiger partial charge < -0.3 is 9.47 Å². The molecule has 1 amide bonds. The van der Waals surface area contributed by atoms with Crippen LogP contribution in [0.5, 0.6) is 0 Å². The third-order valence-electron chi connectivity index (χ3n) is 2.65. The molecular formula is C9H12BrN3O. The van der Waals surface area contributed by atoms with Crippen molar-refractivity contribution in [3.8, 4) is 0 Å². The number of halogens is 1. The maximum atomic E-state index is 11.2. The van der Waals surface area contributed by atoms with Crippen LogP contribution in [0.4, 0.5) is 0 Å². The van der Waals surface area contributed by atoms with Crippen LogP contribution in [0.15, 0.2) is 4.73 Å². The van der Waals surface area contributed by atoms with E-state index in [0.717, 1.165) is 29.1 Å². The summed E-state index contributed by atoms with van der Waals surface area (Å²) in [5.74, 6) is 0.132. The number of carbonyl (C=O) groups excluding carboxylic acids is 1. The van der Waals surface area contributed by atoms with E-state index in [9.17, 15) is 4.79 Å². The number of aromatic nitrogens is 2. The zero-order valence-corrected chi connectivity index (χ0v) is 9.84. The van der Waals surface area contributed by atoms with Gasteiger partial charge in [0.15, 0.2) is 4.73 Å². The number of hydrogen-bond acceptors (Lipinski definition) is 2. The maximum Gasteiger partial charge on any atom is 0.219 e. The molecule has 0 saturated carbocycles. The van der Waals surface area contributed by atoms with Crippen LogP contribution >= 0.6 is 15.9 Å². The van der Waals surface area contributed by atoms with Crippen LogP contribution in [0.3, 0.4) is 0 Å². The highest BCUT2D eigenvalue weighted by Gasteiger charge is 2.22. The number of imidazole rings is 1. The molecule has 76 valence electrons. The Morgan fingerprint density at radius 1 is 1.57 bits per heavy atom. The first kappa shape index (κ1) is 9.71. The number of fused-ring (bicyclic) bond motifs is 1. The van der Waals surface area contributed by atoms with Crippen LogP contribution < -0.4 is 0 Å². The van der Waals surface area contributed by atoms with Crippen LogP contribution in [-0.4, -0.2) is 26.9 Å². The molecule has 4 nitrogen and oxygen atoms in total. The molecule has 0 spiro atoms. The van der Waals surface area contributed by atoms with Gasteiger partial charge in [0.05, 0.1) is 17.9 Å². The van der Waals surface area contributed by atoms with Gasteiger partial charge in [0.2, 0.25) is 5.91 Å². The number of nitrogens with zero attached hydrogens (tertiary/aromatic N) is 3. The van der Waals surface area contributed by atoms with Crippen LogP contribution in [0.25, 0.3) is 0 Å². The lowest BCUT2D eigenvalue weighted by Gasteiger charge is -2.25. The summed E-state index contributed by atoms with van der Waals surface area (Å²) in [6.45, 7) is 3.07. The molecule has 5 heteroatoms. The fourth-order valence-electron chi connectivity index (χ4n) is 1.72. The summed E-state index contributed by atoms with van der Waals surface area (Å²) in [6.07, 6.45) is 0.856. The molecule has 0 atom stereocenters. The normalized spacial score (nSPS) is 15.5. The van der Waals surface area contributed by atoms with E-state index in [1.807, 2.05) is 16.5 Å². The second kappa shape index (κ2) is 3.38. The van der Waals surface area contributed by atoms with Gasteiger partial charge in [-0.25, -0.2) is 4.98 Å². The predicted octanol–water partition coefficient (Wildman–Crippen LogP) is 1.09. The first-order valence-electron chi connectivity index (χ1n) is 4.55. The Labute approximate surface area is 91.0 Å². The molecule has 2 heterocycles. The third-order valence-corrected chi connectivity index (χ3v) is 3.36. The second-order valence-electron chi connectivity index (χ2n) is 3.52. The number of carbonyl (C=O) groups is 1. The minimum Gasteiger partial charge on any atom is -0.337 e. The van der Waals surface area contributed by atoms with Crippen LogP contribution in [0.2, 0.25) is 0 Å². The summed E-state index contributed by atoms with van der Waals surface area (Å²) in [7, 11) is 1.96. The van der Waals surface area contributed by atoms with E-state index < -0.39 is 0 Å². The van der Waals surface area contributed by atoms with E-state index >= 15 is 0 Å². The van der Waals surface area contributed by atoms with E-state index in [0.29, 0.717) is 6.54 Å². The van der Waals surface area contributed by atoms with Crippen LogP contribution in [0.1, 0.15) is 18.3 Å². The lowest BCUT2D eigenvalue weighted by Crippen LogP contribution is -2.34. The molecule has 0 aromatic carbocycles. The van der Waals surface area contributed by atoms with Gasteiger partial charge in [0.1, 0.15) is 0 Å². The van der Waals surface area contributed by atoms with Crippen molar-refractivity contribution in [2.45, 2.75) is 19.9 Å². The van der Waals surface area contributed by atoms with Gasteiger partial charge in [-0.15, -0.1) is 0 Å². The van der Waals surface area contributed by atoms with E-state index in [1.54, 1.807) is 6.92 Å². The number of rotatable bonds is 0. The fraction of sp³-hybridized carbons (Fsp3) is 0.556. The third kappa shape index (κ3) is 1.45. The molecule has 14 heavy (non-hydrogen) atoms. The highest BCUT2D eigenvalue weighted by atomic mass is 79.9. The van der Waals surface area contributed by atoms with E-state index in [-0.39, 0.29) is 5.91 Å². The zero-order valence-electron chi connectivity index (χ0n) is 8.25. The van der Waals surface area contributed by atoms with Gasteiger partial charge in [-0.05, 0) is 15.9 Å². The summed E-state index contributed by atoms with van der Waals surface area (Å²) in [4.78, 5) is 17.4. The van der Waals surface area contributed by atoms with Gasteiger partial charge in [0.25, 0.3) is 0 Å². The molecule has 0 N–H and O–H groups in total. The zero-order chi connectivity index (χ0) is 10.3. The molecule has 1 aliphatic heterocycles. The average molecular weight is 258 g/mol. The van der Waals surface area contributed by atoms with E-state index in [2.05, 4.69) is 20.9 Å². The Morgan fingerprint density at radius 2 is 2.29 bits per heavy atom. The largest absolute Gasteiger partial charge is 0.337 e. The molecule has 1 aliphatic rings. The summed E-state index contributed by atoms with van der Waals surface area (Å²) in [5.41, 5.74) is 2.25. The van der Waals surface area contributed by atoms with Gasteiger partial charge in [-0.1, -0.05) is 0 Å². The number of hydrogen-bond donors (Lipinski definition) is 0. The van der Waals surface area contributed by atoms with E-state index in [1.165, 1.54) is 0 Å². The van der Waals surface area contributed by atoms with Gasteiger partial charge in [-0.2, -0.15) is 0 Å². The highest BCUT2D eigenvalue weighted by molar-refractivity contribution is 9.10. The summed E-state index contributed by atoms with van der Waals surface area (Å²) >= 11 is 3.38. The van der Waals surface area contributed by atoms with Crippen molar-refractivity contribution >= 4 is 21.8 Å². The monoisotopic (exact) mass is 257 g/mol. The first-order valence-corrected chi connectivity index (χ1v) is 5.34. The van der Waals surface area contributed by atoms with Crippen LogP contribution in [0, 0.1) is 0 Å². The van der Waals surface area contributed by atoms with Crippen molar-refractivity contribution in [2.24, 2.45) is 7.05 Å². The average Bonchev–Trinajstić information content (AvgIpc) is 2.43. The summed E-state index contributed by atoms with van der Waals surface area (Å²) in [5, 5.41) is 0. The fourth-order valence-corrected chi connectivity index (χ4v) is 2.15. The standard InChI is InChI=1S/C9H12BrN3O/c1-6(14)13-4-3-7-8(5-13)12(2)9(10)11-7/h3-5H2,1-2H3. The van der Waals surface area contributed by atoms with Gasteiger partial charge >= 0.3 is 0 Å². The molecule has 0 radical (unpaired) electrons. The summed E-state index contributed by atoms with van der Waals surface area (Å²) in [6, 6.07) is 0. The molecule has 0 unspecified atom stereocenters. The minimum atomic E-state index is 0.132. The molecular weight excluding hydrogens is 246 g/mol. The Kier molecular flexibility index (Phi) is 2.34. The molecule has 1 aromatic rings. The lowest BCUT2D eigenvalue weighted by atomic mass is 10.1.